The second-order valence-electron chi connectivity index (χ2n) is 6.48. The van der Waals surface area contributed by atoms with Crippen molar-refractivity contribution in [1.82, 2.24) is 32.6 Å². The van der Waals surface area contributed by atoms with Gasteiger partial charge >= 0.3 is 0 Å². The average molecular weight is 429 g/mol. The molecular weight excluding hydrogens is 412 g/mol. The van der Waals surface area contributed by atoms with Crippen molar-refractivity contribution in [3.05, 3.63) is 49.3 Å². The van der Waals surface area contributed by atoms with Crippen LogP contribution in [0.5, 0.6) is 0 Å². The lowest BCUT2D eigenvalue weighted by molar-refractivity contribution is 0.384. The molecule has 1 saturated heterocycles. The van der Waals surface area contributed by atoms with Crippen molar-refractivity contribution in [3.8, 4) is 5.82 Å². The van der Waals surface area contributed by atoms with Crippen LogP contribution in [0.2, 0.25) is 0 Å². The van der Waals surface area contributed by atoms with E-state index in [1.54, 1.807) is 35.3 Å². The molecular formula is C17H16N8O2S2. The van der Waals surface area contributed by atoms with E-state index in [9.17, 15) is 8.42 Å². The van der Waals surface area contributed by atoms with Gasteiger partial charge in [-0.25, -0.2) is 23.4 Å². The highest BCUT2D eigenvalue weighted by atomic mass is 32.2. The molecule has 0 unspecified atom stereocenters. The Balaban J connectivity index is 1.35. The van der Waals surface area contributed by atoms with Gasteiger partial charge in [-0.15, -0.1) is 0 Å². The minimum atomic E-state index is -3.64. The average Bonchev–Trinajstić information content (AvgIpc) is 3.45. The van der Waals surface area contributed by atoms with Crippen molar-refractivity contribution >= 4 is 38.6 Å². The molecule has 0 aliphatic carbocycles. The smallest absolute Gasteiger partial charge is 0.245 e. The van der Waals surface area contributed by atoms with Gasteiger partial charge in [0, 0.05) is 44.6 Å². The summed E-state index contributed by atoms with van der Waals surface area (Å²) < 4.78 is 37.9. The number of piperazine rings is 1. The third kappa shape index (κ3) is 3.24. The maximum Gasteiger partial charge on any atom is 0.245 e. The predicted molar refractivity (Wildman–Crippen MR) is 108 cm³/mol. The maximum atomic E-state index is 13.2. The van der Waals surface area contributed by atoms with Crippen molar-refractivity contribution in [2.75, 3.05) is 31.1 Å². The van der Waals surface area contributed by atoms with Gasteiger partial charge in [0.05, 0.1) is 11.7 Å². The summed E-state index contributed by atoms with van der Waals surface area (Å²) >= 11 is 1.02. The highest BCUT2D eigenvalue weighted by Gasteiger charge is 2.31. The van der Waals surface area contributed by atoms with Gasteiger partial charge in [-0.2, -0.15) is 13.1 Å². The molecule has 1 aromatic carbocycles. The van der Waals surface area contributed by atoms with Crippen LogP contribution in [0, 0.1) is 0 Å². The molecule has 3 aromatic heterocycles. The standard InChI is InChI=1S/C17H16N8O2S2/c26-29(27,14-3-1-2-13-17(14)22-28-21-13)25-8-6-23(7-9-25)15-10-16(20-11-19-15)24-5-4-18-12-24/h1-5,10-12H,6-9H2. The Morgan fingerprint density at radius 2 is 1.83 bits per heavy atom. The van der Waals surface area contributed by atoms with E-state index in [-0.39, 0.29) is 4.90 Å². The number of sulfonamides is 1. The predicted octanol–water partition coefficient (Wildman–Crippen LogP) is 1.18. The SMILES string of the molecule is O=S(=O)(c1cccc2nsnc12)N1CCN(c2cc(-n3ccnc3)ncn2)CC1. The van der Waals surface area contributed by atoms with Gasteiger partial charge in [-0.1, -0.05) is 6.07 Å². The zero-order valence-corrected chi connectivity index (χ0v) is 16.8. The maximum absolute atomic E-state index is 13.2. The molecule has 4 heterocycles. The van der Waals surface area contributed by atoms with Crippen LogP contribution < -0.4 is 4.90 Å². The van der Waals surface area contributed by atoms with Crippen molar-refractivity contribution in [1.29, 1.82) is 0 Å². The topological polar surface area (TPSA) is 110 Å². The molecule has 10 nitrogen and oxygen atoms in total. The van der Waals surface area contributed by atoms with Crippen molar-refractivity contribution in [2.45, 2.75) is 4.90 Å². The molecule has 148 valence electrons. The molecule has 0 N–H and O–H groups in total. The molecule has 1 fully saturated rings. The molecule has 12 heteroatoms. The number of hydrogen-bond acceptors (Lipinski definition) is 9. The summed E-state index contributed by atoms with van der Waals surface area (Å²) in [6, 6.07) is 6.93. The molecule has 1 aliphatic rings. The van der Waals surface area contributed by atoms with E-state index in [4.69, 9.17) is 0 Å². The molecule has 0 bridgehead atoms. The molecule has 29 heavy (non-hydrogen) atoms. The van der Waals surface area contributed by atoms with Gasteiger partial charge in [0.15, 0.2) is 0 Å². The van der Waals surface area contributed by atoms with Crippen LogP contribution in [0.4, 0.5) is 5.82 Å². The summed E-state index contributed by atoms with van der Waals surface area (Å²) in [5.74, 6) is 1.47. The first-order valence-electron chi connectivity index (χ1n) is 8.90. The second kappa shape index (κ2) is 7.13. The third-order valence-corrected chi connectivity index (χ3v) is 7.31. The van der Waals surface area contributed by atoms with Gasteiger partial charge in [0.2, 0.25) is 10.0 Å². The number of imidazole rings is 1. The summed E-state index contributed by atoms with van der Waals surface area (Å²) in [4.78, 5) is 14.9. The van der Waals surface area contributed by atoms with E-state index in [1.807, 2.05) is 12.3 Å². The minimum absolute atomic E-state index is 0.210. The summed E-state index contributed by atoms with van der Waals surface area (Å²) in [7, 11) is -3.64. The van der Waals surface area contributed by atoms with E-state index in [0.29, 0.717) is 43.0 Å². The van der Waals surface area contributed by atoms with Crippen LogP contribution in [0.1, 0.15) is 0 Å². The van der Waals surface area contributed by atoms with Gasteiger partial charge in [-0.3, -0.25) is 4.57 Å². The van der Waals surface area contributed by atoms with E-state index >= 15 is 0 Å². The lowest BCUT2D eigenvalue weighted by Gasteiger charge is -2.34. The van der Waals surface area contributed by atoms with E-state index < -0.39 is 10.0 Å². The van der Waals surface area contributed by atoms with Gasteiger partial charge in [0.25, 0.3) is 0 Å². The zero-order valence-electron chi connectivity index (χ0n) is 15.2. The van der Waals surface area contributed by atoms with Crippen molar-refractivity contribution in [2.24, 2.45) is 0 Å². The van der Waals surface area contributed by atoms with Gasteiger partial charge in [-0.05, 0) is 12.1 Å². The van der Waals surface area contributed by atoms with Crippen LogP contribution in [0.15, 0.2) is 54.2 Å². The van der Waals surface area contributed by atoms with Crippen molar-refractivity contribution in [3.63, 3.8) is 0 Å². The monoisotopic (exact) mass is 428 g/mol. The molecule has 1 aliphatic heterocycles. The van der Waals surface area contributed by atoms with E-state index in [2.05, 4.69) is 28.6 Å². The number of rotatable bonds is 4. The third-order valence-electron chi connectivity index (χ3n) is 4.84. The van der Waals surface area contributed by atoms with Crippen LogP contribution >= 0.6 is 11.7 Å². The Hall–Kier alpha value is -2.96. The molecule has 0 atom stereocenters. The number of nitrogens with zero attached hydrogens (tertiary/aromatic N) is 8. The fourth-order valence-corrected chi connectivity index (χ4v) is 5.51. The van der Waals surface area contributed by atoms with Crippen LogP contribution in [0.25, 0.3) is 16.9 Å². The summed E-state index contributed by atoms with van der Waals surface area (Å²) in [6.07, 6.45) is 6.67. The Morgan fingerprint density at radius 3 is 2.62 bits per heavy atom. The van der Waals surface area contributed by atoms with Crippen LogP contribution in [-0.2, 0) is 10.0 Å². The number of aromatic nitrogens is 6. The number of anilines is 1. The Kier molecular flexibility index (Phi) is 4.45. The van der Waals surface area contributed by atoms with Crippen LogP contribution in [0.3, 0.4) is 0 Å². The van der Waals surface area contributed by atoms with Gasteiger partial charge in [0.1, 0.15) is 40.2 Å². The Bertz CT molecular complexity index is 1250. The highest BCUT2D eigenvalue weighted by molar-refractivity contribution is 7.89. The Morgan fingerprint density at radius 1 is 1.00 bits per heavy atom. The molecule has 0 saturated carbocycles. The van der Waals surface area contributed by atoms with Crippen LogP contribution in [-0.4, -0.2) is 67.2 Å². The first-order chi connectivity index (χ1) is 14.1. The van der Waals surface area contributed by atoms with Crippen molar-refractivity contribution < 1.29 is 8.42 Å². The quantitative estimate of drug-likeness (QED) is 0.477. The summed E-state index contributed by atoms with van der Waals surface area (Å²) in [6.45, 7) is 1.79. The lowest BCUT2D eigenvalue weighted by atomic mass is 10.3. The summed E-state index contributed by atoms with van der Waals surface area (Å²) in [5.41, 5.74) is 1.03. The summed E-state index contributed by atoms with van der Waals surface area (Å²) in [5, 5.41) is 0. The van der Waals surface area contributed by atoms with E-state index in [0.717, 1.165) is 17.5 Å². The molecule has 0 radical (unpaired) electrons. The minimum Gasteiger partial charge on any atom is -0.354 e. The number of hydrogen-bond donors (Lipinski definition) is 0. The van der Waals surface area contributed by atoms with E-state index in [1.165, 1.54) is 10.6 Å². The normalized spacial score (nSPS) is 15.8. The molecule has 0 amide bonds. The number of fused-ring (bicyclic) bond motifs is 1. The fraction of sp³-hybridized carbons (Fsp3) is 0.235. The lowest BCUT2D eigenvalue weighted by Crippen LogP contribution is -2.49. The zero-order chi connectivity index (χ0) is 19.8. The molecule has 0 spiro atoms. The fourth-order valence-electron chi connectivity index (χ4n) is 3.33. The first-order valence-corrected chi connectivity index (χ1v) is 11.1. The van der Waals surface area contributed by atoms with Gasteiger partial charge < -0.3 is 4.90 Å². The largest absolute Gasteiger partial charge is 0.354 e. The second-order valence-corrected chi connectivity index (χ2v) is 8.92. The molecule has 4 aromatic rings. The highest BCUT2D eigenvalue weighted by Crippen LogP contribution is 2.26. The molecule has 5 rings (SSSR count). The Labute approximate surface area is 170 Å². The number of benzene rings is 1. The first kappa shape index (κ1) is 18.1.